The summed E-state index contributed by atoms with van der Waals surface area (Å²) in [5.41, 5.74) is 2.45. The molecule has 1 spiro atoms. The Labute approximate surface area is 166 Å². The second-order valence-electron chi connectivity index (χ2n) is 7.43. The van der Waals surface area contributed by atoms with Gasteiger partial charge in [-0.05, 0) is 42.7 Å². The van der Waals surface area contributed by atoms with Gasteiger partial charge in [0.05, 0.1) is 5.60 Å². The van der Waals surface area contributed by atoms with Crippen LogP contribution in [0.2, 0.25) is 0 Å². The van der Waals surface area contributed by atoms with Crippen LogP contribution in [0.3, 0.4) is 0 Å². The molecule has 126 valence electrons. The predicted octanol–water partition coefficient (Wildman–Crippen LogP) is -1.02. The maximum Gasteiger partial charge on any atom is 1.00 e. The molecule has 2 aliphatic rings. The van der Waals surface area contributed by atoms with Crippen LogP contribution in [0, 0.1) is 5.92 Å². The summed E-state index contributed by atoms with van der Waals surface area (Å²) >= 11 is 0. The third-order valence-corrected chi connectivity index (χ3v) is 5.28. The number of aliphatic carboxylic acids is 1. The van der Waals surface area contributed by atoms with Crippen molar-refractivity contribution in [3.63, 3.8) is 0 Å². The minimum atomic E-state index is -0.931. The minimum absolute atomic E-state index is 0. The third kappa shape index (κ3) is 4.61. The standard InChI is InChI=1S/C19H27NO3.Na/c1-13(2)15-5-3-4-14(8-15)12-20-17-6-7-23-19(11-17)9-16(10-19)18(21)22;/h3-5,8,13,16-17,20H,6-7,9-12H2,1-2H3,(H,21,22);/q;+1/p-1. The van der Waals surface area contributed by atoms with E-state index >= 15 is 0 Å². The summed E-state index contributed by atoms with van der Waals surface area (Å²) in [6.45, 7) is 5.98. The average Bonchev–Trinajstić information content (AvgIpc) is 2.51. The summed E-state index contributed by atoms with van der Waals surface area (Å²) in [6.07, 6.45) is 3.11. The van der Waals surface area contributed by atoms with Gasteiger partial charge in [0.25, 0.3) is 0 Å². The fraction of sp³-hybridized carbons (Fsp3) is 0.632. The molecule has 1 saturated carbocycles. The van der Waals surface area contributed by atoms with Gasteiger partial charge < -0.3 is 20.0 Å². The van der Waals surface area contributed by atoms with Gasteiger partial charge in [-0.15, -0.1) is 0 Å². The normalized spacial score (nSPS) is 29.1. The Balaban J connectivity index is 0.00000208. The molecule has 5 heteroatoms. The number of benzene rings is 1. The molecule has 4 nitrogen and oxygen atoms in total. The molecule has 24 heavy (non-hydrogen) atoms. The first-order valence-corrected chi connectivity index (χ1v) is 8.64. The Morgan fingerprint density at radius 1 is 1.38 bits per heavy atom. The molecule has 1 saturated heterocycles. The van der Waals surface area contributed by atoms with E-state index in [1.54, 1.807) is 0 Å². The minimum Gasteiger partial charge on any atom is -0.550 e. The summed E-state index contributed by atoms with van der Waals surface area (Å²) in [7, 11) is 0. The molecule has 1 aromatic rings. The maximum atomic E-state index is 10.9. The Bertz CT molecular complexity index is 569. The van der Waals surface area contributed by atoms with Crippen LogP contribution >= 0.6 is 0 Å². The quantitative estimate of drug-likeness (QED) is 0.698. The molecule has 1 N–H and O–H groups in total. The second-order valence-corrected chi connectivity index (χ2v) is 7.43. The average molecular weight is 339 g/mol. The Hall–Kier alpha value is -0.390. The molecule has 0 aromatic heterocycles. The van der Waals surface area contributed by atoms with Gasteiger partial charge in [-0.25, -0.2) is 0 Å². The molecule has 2 fully saturated rings. The van der Waals surface area contributed by atoms with Gasteiger partial charge in [-0.2, -0.15) is 0 Å². The summed E-state index contributed by atoms with van der Waals surface area (Å²) in [5, 5.41) is 14.5. The summed E-state index contributed by atoms with van der Waals surface area (Å²) in [4.78, 5) is 10.9. The van der Waals surface area contributed by atoms with Gasteiger partial charge >= 0.3 is 29.6 Å². The number of carbonyl (C=O) groups is 1. The van der Waals surface area contributed by atoms with Gasteiger partial charge in [0.2, 0.25) is 0 Å². The van der Waals surface area contributed by atoms with Crippen molar-refractivity contribution in [2.45, 2.75) is 63.6 Å². The van der Waals surface area contributed by atoms with Crippen molar-refractivity contribution in [2.75, 3.05) is 6.61 Å². The first-order chi connectivity index (χ1) is 11.0. The van der Waals surface area contributed by atoms with Gasteiger partial charge in [0, 0.05) is 31.1 Å². The number of hydrogen-bond donors (Lipinski definition) is 1. The van der Waals surface area contributed by atoms with E-state index in [0.717, 1.165) is 19.4 Å². The second kappa shape index (κ2) is 8.33. The number of carboxylic acid groups (broad SMARTS) is 1. The van der Waals surface area contributed by atoms with E-state index in [4.69, 9.17) is 4.74 Å². The molecular formula is C19H26NNaO3. The van der Waals surface area contributed by atoms with Crippen molar-refractivity contribution < 1.29 is 44.2 Å². The van der Waals surface area contributed by atoms with E-state index in [-0.39, 0.29) is 41.1 Å². The molecule has 1 aliphatic heterocycles. The molecule has 1 aromatic carbocycles. The summed E-state index contributed by atoms with van der Waals surface area (Å²) in [6, 6.07) is 9.11. The predicted molar refractivity (Wildman–Crippen MR) is 86.8 cm³/mol. The SMILES string of the molecule is CC(C)c1cccc(CNC2CCOC3(C2)CC(C(=O)[O-])C3)c1.[Na+]. The molecule has 1 atom stereocenters. The fourth-order valence-corrected chi connectivity index (χ4v) is 3.82. The third-order valence-electron chi connectivity index (χ3n) is 5.28. The van der Waals surface area contributed by atoms with Crippen LogP contribution in [-0.4, -0.2) is 24.2 Å². The number of hydrogen-bond acceptors (Lipinski definition) is 4. The van der Waals surface area contributed by atoms with Crippen molar-refractivity contribution in [1.82, 2.24) is 5.32 Å². The van der Waals surface area contributed by atoms with Crippen molar-refractivity contribution >= 4 is 5.97 Å². The summed E-state index contributed by atoms with van der Waals surface area (Å²) in [5.74, 6) is -0.714. The number of carboxylic acids is 1. The van der Waals surface area contributed by atoms with E-state index in [2.05, 4.69) is 43.4 Å². The molecule has 0 bridgehead atoms. The van der Waals surface area contributed by atoms with Crippen molar-refractivity contribution in [2.24, 2.45) is 5.92 Å². The molecule has 1 aliphatic carbocycles. The zero-order chi connectivity index (χ0) is 16.4. The Morgan fingerprint density at radius 2 is 2.12 bits per heavy atom. The van der Waals surface area contributed by atoms with Crippen molar-refractivity contribution in [1.29, 1.82) is 0 Å². The van der Waals surface area contributed by atoms with Gasteiger partial charge in [-0.1, -0.05) is 38.1 Å². The van der Waals surface area contributed by atoms with E-state index in [1.165, 1.54) is 11.1 Å². The molecule has 0 radical (unpaired) electrons. The fourth-order valence-electron chi connectivity index (χ4n) is 3.82. The zero-order valence-electron chi connectivity index (χ0n) is 15.0. The molecule has 1 heterocycles. The maximum absolute atomic E-state index is 10.9. The van der Waals surface area contributed by atoms with Crippen LogP contribution in [0.4, 0.5) is 0 Å². The first-order valence-electron chi connectivity index (χ1n) is 8.64. The van der Waals surface area contributed by atoms with Crippen LogP contribution < -0.4 is 40.0 Å². The van der Waals surface area contributed by atoms with Gasteiger partial charge in [0.15, 0.2) is 0 Å². The van der Waals surface area contributed by atoms with Crippen LogP contribution in [0.5, 0.6) is 0 Å². The van der Waals surface area contributed by atoms with Crippen LogP contribution in [0.15, 0.2) is 24.3 Å². The van der Waals surface area contributed by atoms with Crippen molar-refractivity contribution in [3.8, 4) is 0 Å². The smallest absolute Gasteiger partial charge is 0.550 e. The number of nitrogens with one attached hydrogen (secondary N) is 1. The van der Waals surface area contributed by atoms with Gasteiger partial charge in [-0.3, -0.25) is 0 Å². The van der Waals surface area contributed by atoms with E-state index in [1.807, 2.05) is 0 Å². The molecule has 3 rings (SSSR count). The summed E-state index contributed by atoms with van der Waals surface area (Å²) < 4.78 is 5.88. The van der Waals surface area contributed by atoms with E-state index < -0.39 is 5.97 Å². The molecular weight excluding hydrogens is 313 g/mol. The monoisotopic (exact) mass is 339 g/mol. The molecule has 0 amide bonds. The van der Waals surface area contributed by atoms with Gasteiger partial charge in [0.1, 0.15) is 0 Å². The number of carbonyl (C=O) groups excluding carboxylic acids is 1. The van der Waals surface area contributed by atoms with Crippen molar-refractivity contribution in [3.05, 3.63) is 35.4 Å². The van der Waals surface area contributed by atoms with Crippen LogP contribution in [0.1, 0.15) is 56.6 Å². The Kier molecular flexibility index (Phi) is 6.91. The van der Waals surface area contributed by atoms with E-state index in [9.17, 15) is 9.90 Å². The van der Waals surface area contributed by atoms with Crippen LogP contribution in [0.25, 0.3) is 0 Å². The Morgan fingerprint density at radius 3 is 2.79 bits per heavy atom. The van der Waals surface area contributed by atoms with E-state index in [0.29, 0.717) is 31.4 Å². The first kappa shape index (κ1) is 19.9. The number of rotatable bonds is 5. The largest absolute Gasteiger partial charge is 1.00 e. The van der Waals surface area contributed by atoms with Crippen LogP contribution in [-0.2, 0) is 16.1 Å². The zero-order valence-corrected chi connectivity index (χ0v) is 17.0. The topological polar surface area (TPSA) is 61.4 Å². The molecule has 1 unspecified atom stereocenters. The number of ether oxygens (including phenoxy) is 1.